The maximum Gasteiger partial charge on any atom is 0.276 e. The fraction of sp³-hybridized carbons (Fsp3) is 0.263. The Morgan fingerprint density at radius 2 is 1.54 bits per heavy atom. The molecule has 2 N–H and O–H groups in total. The van der Waals surface area contributed by atoms with Gasteiger partial charge in [0.2, 0.25) is 5.91 Å². The van der Waals surface area contributed by atoms with Crippen molar-refractivity contribution in [2.45, 2.75) is 27.2 Å². The van der Waals surface area contributed by atoms with Crippen LogP contribution >= 0.6 is 0 Å². The Hall–Kier alpha value is -2.82. The lowest BCUT2D eigenvalue weighted by Gasteiger charge is -2.10. The molecule has 126 valence electrons. The number of hydrazine groups is 1. The van der Waals surface area contributed by atoms with Gasteiger partial charge in [0.1, 0.15) is 5.75 Å². The Balaban J connectivity index is 1.73. The number of ether oxygens (including phenoxy) is 1. The first-order chi connectivity index (χ1) is 11.4. The van der Waals surface area contributed by atoms with Crippen molar-refractivity contribution < 1.29 is 14.3 Å². The molecule has 0 bridgehead atoms. The second-order valence-corrected chi connectivity index (χ2v) is 5.79. The monoisotopic (exact) mass is 326 g/mol. The van der Waals surface area contributed by atoms with Crippen LogP contribution in [0.25, 0.3) is 0 Å². The third-order valence-corrected chi connectivity index (χ3v) is 3.67. The maximum absolute atomic E-state index is 11.8. The Labute approximate surface area is 142 Å². The van der Waals surface area contributed by atoms with Gasteiger partial charge in [-0.05, 0) is 49.6 Å². The summed E-state index contributed by atoms with van der Waals surface area (Å²) in [6, 6.07) is 13.3. The number of carbonyl (C=O) groups is 2. The number of hydrogen-bond acceptors (Lipinski definition) is 3. The van der Waals surface area contributed by atoms with Crippen molar-refractivity contribution in [1.82, 2.24) is 10.9 Å². The Bertz CT molecular complexity index is 724. The topological polar surface area (TPSA) is 67.4 Å². The lowest BCUT2D eigenvalue weighted by Crippen LogP contribution is -2.44. The van der Waals surface area contributed by atoms with E-state index in [4.69, 9.17) is 4.74 Å². The first kappa shape index (κ1) is 17.5. The number of aryl methyl sites for hydroxylation is 3. The minimum absolute atomic E-state index is 0.159. The average molecular weight is 326 g/mol. The molecule has 2 aromatic rings. The summed E-state index contributed by atoms with van der Waals surface area (Å²) >= 11 is 0. The van der Waals surface area contributed by atoms with Gasteiger partial charge in [-0.25, -0.2) is 0 Å². The molecule has 5 nitrogen and oxygen atoms in total. The van der Waals surface area contributed by atoms with Crippen LogP contribution in [-0.4, -0.2) is 18.4 Å². The summed E-state index contributed by atoms with van der Waals surface area (Å²) in [6.45, 7) is 5.82. The van der Waals surface area contributed by atoms with Gasteiger partial charge >= 0.3 is 0 Å². The van der Waals surface area contributed by atoms with E-state index < -0.39 is 5.91 Å². The summed E-state index contributed by atoms with van der Waals surface area (Å²) in [5.41, 5.74) is 9.01. The van der Waals surface area contributed by atoms with E-state index >= 15 is 0 Å². The van der Waals surface area contributed by atoms with E-state index in [0.29, 0.717) is 5.75 Å². The highest BCUT2D eigenvalue weighted by Crippen LogP contribution is 2.16. The summed E-state index contributed by atoms with van der Waals surface area (Å²) in [5.74, 6) is -0.0666. The predicted octanol–water partition coefficient (Wildman–Crippen LogP) is 2.38. The zero-order valence-electron chi connectivity index (χ0n) is 14.2. The van der Waals surface area contributed by atoms with Crippen LogP contribution in [0.15, 0.2) is 42.5 Å². The van der Waals surface area contributed by atoms with Crippen molar-refractivity contribution in [3.8, 4) is 5.75 Å². The fourth-order valence-corrected chi connectivity index (χ4v) is 2.06. The Morgan fingerprint density at radius 1 is 0.875 bits per heavy atom. The molecule has 0 atom stereocenters. The Kier molecular flexibility index (Phi) is 5.95. The fourth-order valence-electron chi connectivity index (χ4n) is 2.06. The van der Waals surface area contributed by atoms with Crippen LogP contribution in [0.1, 0.15) is 22.3 Å². The highest BCUT2D eigenvalue weighted by molar-refractivity contribution is 5.83. The number of benzene rings is 2. The van der Waals surface area contributed by atoms with Gasteiger partial charge in [-0.3, -0.25) is 20.4 Å². The average Bonchev–Trinajstić information content (AvgIpc) is 2.56. The van der Waals surface area contributed by atoms with Crippen molar-refractivity contribution in [3.63, 3.8) is 0 Å². The number of carbonyl (C=O) groups excluding carboxylic acids is 2. The molecule has 5 heteroatoms. The summed E-state index contributed by atoms with van der Waals surface area (Å²) < 4.78 is 5.40. The molecule has 0 saturated heterocycles. The van der Waals surface area contributed by atoms with Gasteiger partial charge in [0.25, 0.3) is 5.91 Å². The molecule has 2 amide bonds. The smallest absolute Gasteiger partial charge is 0.276 e. The van der Waals surface area contributed by atoms with Gasteiger partial charge < -0.3 is 4.74 Å². The molecule has 0 aliphatic heterocycles. The molecular weight excluding hydrogens is 304 g/mol. The standard InChI is InChI=1S/C19H22N2O3/c1-13-4-7-16(8-5-13)11-18(22)20-21-19(23)12-24-17-9-6-14(2)15(3)10-17/h4-10H,11-12H2,1-3H3,(H,20,22)(H,21,23). The van der Waals surface area contributed by atoms with Crippen molar-refractivity contribution in [1.29, 1.82) is 0 Å². The molecule has 0 aromatic heterocycles. The van der Waals surface area contributed by atoms with Gasteiger partial charge in [-0.2, -0.15) is 0 Å². The van der Waals surface area contributed by atoms with Crippen LogP contribution in [0.5, 0.6) is 5.75 Å². The second kappa shape index (κ2) is 8.15. The summed E-state index contributed by atoms with van der Waals surface area (Å²) in [5, 5.41) is 0. The van der Waals surface area contributed by atoms with E-state index in [-0.39, 0.29) is 18.9 Å². The van der Waals surface area contributed by atoms with Crippen molar-refractivity contribution in [2.75, 3.05) is 6.61 Å². The highest BCUT2D eigenvalue weighted by atomic mass is 16.5. The van der Waals surface area contributed by atoms with Gasteiger partial charge in [0, 0.05) is 0 Å². The van der Waals surface area contributed by atoms with Crippen LogP contribution < -0.4 is 15.6 Å². The van der Waals surface area contributed by atoms with E-state index in [1.807, 2.05) is 63.2 Å². The van der Waals surface area contributed by atoms with Crippen LogP contribution in [-0.2, 0) is 16.0 Å². The third kappa shape index (κ3) is 5.43. The van der Waals surface area contributed by atoms with Gasteiger partial charge in [-0.1, -0.05) is 35.9 Å². The molecule has 2 rings (SSSR count). The normalized spacial score (nSPS) is 10.1. The van der Waals surface area contributed by atoms with Crippen LogP contribution in [0.3, 0.4) is 0 Å². The third-order valence-electron chi connectivity index (χ3n) is 3.67. The number of hydrogen-bond donors (Lipinski definition) is 2. The van der Waals surface area contributed by atoms with Crippen LogP contribution in [0.2, 0.25) is 0 Å². The molecule has 0 unspecified atom stereocenters. The zero-order valence-corrected chi connectivity index (χ0v) is 14.2. The molecule has 0 heterocycles. The molecule has 2 aromatic carbocycles. The summed E-state index contributed by atoms with van der Waals surface area (Å²) in [6.07, 6.45) is 0.207. The van der Waals surface area contributed by atoms with E-state index in [9.17, 15) is 9.59 Å². The van der Waals surface area contributed by atoms with E-state index in [2.05, 4.69) is 10.9 Å². The van der Waals surface area contributed by atoms with E-state index in [1.54, 1.807) is 0 Å². The molecule has 0 spiro atoms. The van der Waals surface area contributed by atoms with E-state index in [1.165, 1.54) is 0 Å². The second-order valence-electron chi connectivity index (χ2n) is 5.79. The Morgan fingerprint density at radius 3 is 2.21 bits per heavy atom. The van der Waals surface area contributed by atoms with Crippen molar-refractivity contribution in [3.05, 3.63) is 64.7 Å². The molecule has 0 radical (unpaired) electrons. The number of amides is 2. The van der Waals surface area contributed by atoms with Crippen molar-refractivity contribution in [2.24, 2.45) is 0 Å². The molecule has 0 aliphatic carbocycles. The van der Waals surface area contributed by atoms with Gasteiger partial charge in [0.05, 0.1) is 6.42 Å². The minimum Gasteiger partial charge on any atom is -0.484 e. The van der Waals surface area contributed by atoms with E-state index in [0.717, 1.165) is 22.3 Å². The minimum atomic E-state index is -0.412. The molecule has 0 aliphatic rings. The summed E-state index contributed by atoms with van der Waals surface area (Å²) in [7, 11) is 0. The van der Waals surface area contributed by atoms with Gasteiger partial charge in [-0.15, -0.1) is 0 Å². The molecule has 0 saturated carbocycles. The first-order valence-corrected chi connectivity index (χ1v) is 7.77. The highest BCUT2D eigenvalue weighted by Gasteiger charge is 2.07. The quantitative estimate of drug-likeness (QED) is 0.829. The SMILES string of the molecule is Cc1ccc(CC(=O)NNC(=O)COc2ccc(C)c(C)c2)cc1. The molecule has 0 fully saturated rings. The lowest BCUT2D eigenvalue weighted by molar-refractivity contribution is -0.129. The number of rotatable bonds is 5. The predicted molar refractivity (Wildman–Crippen MR) is 92.6 cm³/mol. The van der Waals surface area contributed by atoms with Crippen LogP contribution in [0.4, 0.5) is 0 Å². The number of nitrogens with one attached hydrogen (secondary N) is 2. The van der Waals surface area contributed by atoms with Gasteiger partial charge in [0.15, 0.2) is 6.61 Å². The first-order valence-electron chi connectivity index (χ1n) is 7.77. The molecule has 24 heavy (non-hydrogen) atoms. The van der Waals surface area contributed by atoms with Crippen LogP contribution in [0, 0.1) is 20.8 Å². The summed E-state index contributed by atoms with van der Waals surface area (Å²) in [4.78, 5) is 23.5. The zero-order chi connectivity index (χ0) is 17.5. The maximum atomic E-state index is 11.8. The van der Waals surface area contributed by atoms with Crippen molar-refractivity contribution >= 4 is 11.8 Å². The molecular formula is C19H22N2O3. The largest absolute Gasteiger partial charge is 0.484 e. The lowest BCUT2D eigenvalue weighted by atomic mass is 10.1.